The van der Waals surface area contributed by atoms with Crippen molar-refractivity contribution in [2.75, 3.05) is 5.48 Å². The molecule has 0 aliphatic carbocycles. The highest BCUT2D eigenvalue weighted by molar-refractivity contribution is 6.15. The number of carbonyl (C=O) groups is 1. The maximum absolute atomic E-state index is 11.9. The number of anilines is 1. The molecule has 0 amide bonds. The Bertz CT molecular complexity index is 591. The monoisotopic (exact) mass is 268 g/mol. The molecule has 0 spiro atoms. The van der Waals surface area contributed by atoms with E-state index in [0.717, 1.165) is 11.1 Å². The first-order valence-corrected chi connectivity index (χ1v) is 6.09. The summed E-state index contributed by atoms with van der Waals surface area (Å²) in [5, 5.41) is 10.4. The van der Waals surface area contributed by atoms with Gasteiger partial charge < -0.3 is 15.4 Å². The summed E-state index contributed by atoms with van der Waals surface area (Å²) >= 11 is 0. The fourth-order valence-corrected chi connectivity index (χ4v) is 1.66. The SMILES string of the molecule is C=C(C(=O)OCc1ccc(N[O-])cc1)c1ccccc1. The fraction of sp³-hybridized carbons (Fsp3) is 0.0625. The molecule has 0 atom stereocenters. The molecular weight excluding hydrogens is 254 g/mol. The van der Waals surface area contributed by atoms with Gasteiger partial charge in [-0.15, -0.1) is 0 Å². The number of nitrogens with one attached hydrogen (secondary N) is 1. The van der Waals surface area contributed by atoms with Gasteiger partial charge in [0.25, 0.3) is 0 Å². The van der Waals surface area contributed by atoms with E-state index < -0.39 is 5.97 Å². The summed E-state index contributed by atoms with van der Waals surface area (Å²) in [7, 11) is 0. The third-order valence-electron chi connectivity index (χ3n) is 2.81. The van der Waals surface area contributed by atoms with Gasteiger partial charge in [-0.05, 0) is 23.3 Å². The van der Waals surface area contributed by atoms with E-state index in [0.29, 0.717) is 11.3 Å². The number of rotatable bonds is 5. The van der Waals surface area contributed by atoms with Crippen LogP contribution in [-0.4, -0.2) is 5.97 Å². The summed E-state index contributed by atoms with van der Waals surface area (Å²) in [6, 6.07) is 15.8. The van der Waals surface area contributed by atoms with Gasteiger partial charge in [0.05, 0.1) is 5.57 Å². The molecule has 4 heteroatoms. The van der Waals surface area contributed by atoms with Gasteiger partial charge in [-0.25, -0.2) is 4.79 Å². The highest BCUT2D eigenvalue weighted by atomic mass is 16.5. The van der Waals surface area contributed by atoms with E-state index in [1.165, 1.54) is 0 Å². The summed E-state index contributed by atoms with van der Waals surface area (Å²) in [6.07, 6.45) is 0. The average Bonchev–Trinajstić information content (AvgIpc) is 2.53. The van der Waals surface area contributed by atoms with E-state index in [1.807, 2.05) is 18.2 Å². The molecule has 20 heavy (non-hydrogen) atoms. The Balaban J connectivity index is 1.93. The van der Waals surface area contributed by atoms with Crippen molar-refractivity contribution in [1.82, 2.24) is 0 Å². The maximum Gasteiger partial charge on any atom is 0.338 e. The Kier molecular flexibility index (Phi) is 4.52. The molecule has 2 aromatic rings. The number of carbonyl (C=O) groups excluding carboxylic acids is 1. The van der Waals surface area contributed by atoms with Crippen LogP contribution >= 0.6 is 0 Å². The van der Waals surface area contributed by atoms with Crippen molar-refractivity contribution in [3.8, 4) is 0 Å². The molecule has 2 rings (SSSR count). The van der Waals surface area contributed by atoms with E-state index in [9.17, 15) is 10.0 Å². The zero-order valence-electron chi connectivity index (χ0n) is 10.8. The largest absolute Gasteiger partial charge is 0.761 e. The van der Waals surface area contributed by atoms with Gasteiger partial charge in [0.1, 0.15) is 6.61 Å². The first-order valence-electron chi connectivity index (χ1n) is 6.09. The van der Waals surface area contributed by atoms with Crippen LogP contribution in [0.2, 0.25) is 0 Å². The van der Waals surface area contributed by atoms with Crippen molar-refractivity contribution in [3.05, 3.63) is 77.5 Å². The number of ether oxygens (including phenoxy) is 1. The van der Waals surface area contributed by atoms with E-state index in [4.69, 9.17) is 4.74 Å². The summed E-state index contributed by atoms with van der Waals surface area (Å²) in [5.74, 6) is -0.456. The second-order valence-corrected chi connectivity index (χ2v) is 4.22. The Morgan fingerprint density at radius 1 is 1.10 bits per heavy atom. The minimum Gasteiger partial charge on any atom is -0.761 e. The lowest BCUT2D eigenvalue weighted by Crippen LogP contribution is -2.06. The molecule has 0 unspecified atom stereocenters. The smallest absolute Gasteiger partial charge is 0.338 e. The van der Waals surface area contributed by atoms with Crippen LogP contribution in [0.4, 0.5) is 5.69 Å². The van der Waals surface area contributed by atoms with Crippen LogP contribution in [0, 0.1) is 5.21 Å². The summed E-state index contributed by atoms with van der Waals surface area (Å²) in [4.78, 5) is 11.9. The second-order valence-electron chi connectivity index (χ2n) is 4.22. The minimum absolute atomic E-state index is 0.143. The molecule has 4 nitrogen and oxygen atoms in total. The lowest BCUT2D eigenvalue weighted by Gasteiger charge is -2.10. The summed E-state index contributed by atoms with van der Waals surface area (Å²) in [5.41, 5.74) is 4.12. The van der Waals surface area contributed by atoms with Crippen LogP contribution < -0.4 is 5.48 Å². The molecule has 0 bridgehead atoms. The number of benzene rings is 2. The third kappa shape index (κ3) is 3.46. The fourth-order valence-electron chi connectivity index (χ4n) is 1.66. The third-order valence-corrected chi connectivity index (χ3v) is 2.81. The minimum atomic E-state index is -0.456. The topological polar surface area (TPSA) is 61.4 Å². The predicted octanol–water partition coefficient (Wildman–Crippen LogP) is 3.35. The quantitative estimate of drug-likeness (QED) is 0.513. The lowest BCUT2D eigenvalue weighted by molar-refractivity contribution is -0.137. The van der Waals surface area contributed by atoms with Gasteiger partial charge in [0.15, 0.2) is 0 Å². The van der Waals surface area contributed by atoms with E-state index in [1.54, 1.807) is 41.9 Å². The van der Waals surface area contributed by atoms with Crippen LogP contribution in [0.15, 0.2) is 61.2 Å². The number of hydrogen-bond donors (Lipinski definition) is 1. The van der Waals surface area contributed by atoms with Gasteiger partial charge in [0.2, 0.25) is 0 Å². The Morgan fingerprint density at radius 3 is 2.35 bits per heavy atom. The maximum atomic E-state index is 11.9. The van der Waals surface area contributed by atoms with Gasteiger partial charge in [0, 0.05) is 5.69 Å². The summed E-state index contributed by atoms with van der Waals surface area (Å²) in [6.45, 7) is 3.88. The first kappa shape index (κ1) is 13.8. The van der Waals surface area contributed by atoms with Crippen molar-refractivity contribution in [1.29, 1.82) is 0 Å². The number of hydrogen-bond acceptors (Lipinski definition) is 4. The molecule has 0 aliphatic heterocycles. The van der Waals surface area contributed by atoms with E-state index in [-0.39, 0.29) is 6.61 Å². The summed E-state index contributed by atoms with van der Waals surface area (Å²) < 4.78 is 5.18. The second kappa shape index (κ2) is 6.54. The van der Waals surface area contributed by atoms with Crippen molar-refractivity contribution >= 4 is 17.2 Å². The molecule has 0 aliphatic rings. The Labute approximate surface area is 117 Å². The highest BCUT2D eigenvalue weighted by Crippen LogP contribution is 2.15. The Hall–Kier alpha value is -2.59. The van der Waals surface area contributed by atoms with Crippen LogP contribution in [0.25, 0.3) is 5.57 Å². The van der Waals surface area contributed by atoms with E-state index >= 15 is 0 Å². The van der Waals surface area contributed by atoms with Crippen LogP contribution in [0.5, 0.6) is 0 Å². The van der Waals surface area contributed by atoms with Crippen LogP contribution in [-0.2, 0) is 16.1 Å². The van der Waals surface area contributed by atoms with Gasteiger partial charge >= 0.3 is 5.97 Å². The van der Waals surface area contributed by atoms with E-state index in [2.05, 4.69) is 6.58 Å². The van der Waals surface area contributed by atoms with Crippen molar-refractivity contribution in [3.63, 3.8) is 0 Å². The molecule has 0 saturated heterocycles. The molecule has 0 heterocycles. The van der Waals surface area contributed by atoms with Crippen molar-refractivity contribution in [2.45, 2.75) is 6.61 Å². The standard InChI is InChI=1S/C16H14NO3/c1-12(14-5-3-2-4-6-14)16(18)20-11-13-7-9-15(17-19)10-8-13/h2-10,17H,1,11H2/q-1. The first-order chi connectivity index (χ1) is 9.70. The van der Waals surface area contributed by atoms with Crippen molar-refractivity contribution in [2.24, 2.45) is 0 Å². The highest BCUT2D eigenvalue weighted by Gasteiger charge is 2.10. The molecule has 102 valence electrons. The molecule has 0 saturated carbocycles. The van der Waals surface area contributed by atoms with Crippen molar-refractivity contribution < 1.29 is 9.53 Å². The predicted molar refractivity (Wildman–Crippen MR) is 78.7 cm³/mol. The lowest BCUT2D eigenvalue weighted by atomic mass is 10.1. The molecule has 2 aromatic carbocycles. The van der Waals surface area contributed by atoms with Gasteiger partial charge in [-0.2, -0.15) is 0 Å². The molecule has 1 N–H and O–H groups in total. The van der Waals surface area contributed by atoms with Gasteiger partial charge in [-0.3, -0.25) is 0 Å². The van der Waals surface area contributed by atoms with Crippen LogP contribution in [0.1, 0.15) is 11.1 Å². The Morgan fingerprint density at radius 2 is 1.75 bits per heavy atom. The normalized spacial score (nSPS) is 9.85. The van der Waals surface area contributed by atoms with Crippen LogP contribution in [0.3, 0.4) is 0 Å². The van der Waals surface area contributed by atoms with Gasteiger partial charge in [-0.1, -0.05) is 49.0 Å². The number of esters is 1. The average molecular weight is 268 g/mol. The molecular formula is C16H14NO3-. The zero-order chi connectivity index (χ0) is 14.4. The molecule has 0 aromatic heterocycles. The zero-order valence-corrected chi connectivity index (χ0v) is 10.8. The molecule has 0 radical (unpaired) electrons. The molecule has 0 fully saturated rings.